The van der Waals surface area contributed by atoms with Gasteiger partial charge in [-0.1, -0.05) is 38.1 Å². The highest BCUT2D eigenvalue weighted by molar-refractivity contribution is 7.91. The van der Waals surface area contributed by atoms with Crippen molar-refractivity contribution in [1.82, 2.24) is 0 Å². The molecule has 2 N–H and O–H groups in total. The maximum Gasteiger partial charge on any atom is 0.150 e. The zero-order valence-electron chi connectivity index (χ0n) is 11.2. The molecule has 3 nitrogen and oxygen atoms in total. The normalized spacial score (nSPS) is 13.5. The number of sulfone groups is 1. The van der Waals surface area contributed by atoms with Gasteiger partial charge in [0.15, 0.2) is 0 Å². The van der Waals surface area contributed by atoms with Crippen LogP contribution in [0.15, 0.2) is 24.3 Å². The Hall–Kier alpha value is -0.870. The summed E-state index contributed by atoms with van der Waals surface area (Å²) in [6.45, 7) is 3.79. The first-order valence-corrected chi connectivity index (χ1v) is 8.35. The molecular formula is C14H23NO2S. The summed E-state index contributed by atoms with van der Waals surface area (Å²) in [6, 6.07) is 8.17. The highest BCUT2D eigenvalue weighted by Crippen LogP contribution is 2.17. The second-order valence-corrected chi connectivity index (χ2v) is 7.05. The molecule has 1 unspecified atom stereocenters. The Labute approximate surface area is 110 Å². The van der Waals surface area contributed by atoms with Gasteiger partial charge in [0.1, 0.15) is 9.84 Å². The minimum absolute atomic E-state index is 0.0667. The van der Waals surface area contributed by atoms with E-state index in [2.05, 4.69) is 19.1 Å². The average molecular weight is 269 g/mol. The van der Waals surface area contributed by atoms with Gasteiger partial charge in [0.2, 0.25) is 0 Å². The van der Waals surface area contributed by atoms with Crippen molar-refractivity contribution >= 4 is 9.84 Å². The molecule has 0 saturated heterocycles. The van der Waals surface area contributed by atoms with Crippen molar-refractivity contribution in [3.05, 3.63) is 35.4 Å². The molecule has 0 amide bonds. The average Bonchev–Trinajstić information content (AvgIpc) is 2.38. The quantitative estimate of drug-likeness (QED) is 0.827. The maximum atomic E-state index is 11.4. The van der Waals surface area contributed by atoms with Gasteiger partial charge in [-0.15, -0.1) is 0 Å². The molecule has 0 fully saturated rings. The summed E-state index contributed by atoms with van der Waals surface area (Å²) in [5.41, 5.74) is 8.44. The summed E-state index contributed by atoms with van der Waals surface area (Å²) in [5.74, 6) is 0.456. The minimum atomic E-state index is -2.86. The van der Waals surface area contributed by atoms with Gasteiger partial charge >= 0.3 is 0 Å². The molecule has 1 atom stereocenters. The van der Waals surface area contributed by atoms with Crippen LogP contribution in [-0.4, -0.2) is 19.9 Å². The number of nitrogens with two attached hydrogens (primary N) is 1. The molecule has 0 radical (unpaired) electrons. The van der Waals surface area contributed by atoms with Gasteiger partial charge in [-0.2, -0.15) is 0 Å². The van der Waals surface area contributed by atoms with E-state index in [1.807, 2.05) is 12.1 Å². The SMILES string of the molecule is CCc1ccc(C(N)CCCS(=O)(=O)CC)cc1. The lowest BCUT2D eigenvalue weighted by Gasteiger charge is -2.12. The predicted octanol–water partition coefficient (Wildman–Crippen LogP) is 2.46. The van der Waals surface area contributed by atoms with Crippen LogP contribution >= 0.6 is 0 Å². The molecule has 0 aliphatic heterocycles. The summed E-state index contributed by atoms with van der Waals surface area (Å²) >= 11 is 0. The van der Waals surface area contributed by atoms with Crippen molar-refractivity contribution in [3.63, 3.8) is 0 Å². The molecule has 0 aliphatic carbocycles. The van der Waals surface area contributed by atoms with E-state index in [9.17, 15) is 8.42 Å². The fraction of sp³-hybridized carbons (Fsp3) is 0.571. The Balaban J connectivity index is 2.47. The molecular weight excluding hydrogens is 246 g/mol. The van der Waals surface area contributed by atoms with E-state index in [4.69, 9.17) is 5.73 Å². The predicted molar refractivity (Wildman–Crippen MR) is 76.3 cm³/mol. The molecule has 0 aromatic heterocycles. The largest absolute Gasteiger partial charge is 0.324 e. The van der Waals surface area contributed by atoms with Gasteiger partial charge in [-0.05, 0) is 30.4 Å². The summed E-state index contributed by atoms with van der Waals surface area (Å²) in [6.07, 6.45) is 2.36. The number of rotatable bonds is 7. The fourth-order valence-corrected chi connectivity index (χ4v) is 2.73. The van der Waals surface area contributed by atoms with Crippen LogP contribution < -0.4 is 5.73 Å². The van der Waals surface area contributed by atoms with Gasteiger partial charge in [0.25, 0.3) is 0 Å². The van der Waals surface area contributed by atoms with E-state index in [-0.39, 0.29) is 17.5 Å². The van der Waals surface area contributed by atoms with Crippen molar-refractivity contribution in [3.8, 4) is 0 Å². The van der Waals surface area contributed by atoms with Crippen LogP contribution in [0.1, 0.15) is 43.9 Å². The number of hydrogen-bond donors (Lipinski definition) is 1. The summed E-state index contributed by atoms with van der Waals surface area (Å²) in [7, 11) is -2.86. The smallest absolute Gasteiger partial charge is 0.150 e. The molecule has 1 aromatic rings. The molecule has 0 aliphatic rings. The first kappa shape index (κ1) is 15.2. The second-order valence-electron chi connectivity index (χ2n) is 4.58. The van der Waals surface area contributed by atoms with Gasteiger partial charge in [-0.25, -0.2) is 8.42 Å². The van der Waals surface area contributed by atoms with Crippen molar-refractivity contribution in [2.75, 3.05) is 11.5 Å². The topological polar surface area (TPSA) is 60.2 Å². The second kappa shape index (κ2) is 6.90. The minimum Gasteiger partial charge on any atom is -0.324 e. The standard InChI is InChI=1S/C14H23NO2S/c1-3-12-7-9-13(10-8-12)14(15)6-5-11-18(16,17)4-2/h7-10,14H,3-6,11,15H2,1-2H3. The molecule has 4 heteroatoms. The molecule has 18 heavy (non-hydrogen) atoms. The van der Waals surface area contributed by atoms with Crippen LogP contribution in [0.3, 0.4) is 0 Å². The van der Waals surface area contributed by atoms with Crippen molar-refractivity contribution in [1.29, 1.82) is 0 Å². The Kier molecular flexibility index (Phi) is 5.82. The fourth-order valence-electron chi connectivity index (χ4n) is 1.83. The Morgan fingerprint density at radius 2 is 1.78 bits per heavy atom. The first-order valence-electron chi connectivity index (χ1n) is 6.53. The molecule has 0 spiro atoms. The van der Waals surface area contributed by atoms with Gasteiger partial charge < -0.3 is 5.73 Å². The van der Waals surface area contributed by atoms with E-state index < -0.39 is 9.84 Å². The number of benzene rings is 1. The van der Waals surface area contributed by atoms with Crippen LogP contribution in [0.4, 0.5) is 0 Å². The summed E-state index contributed by atoms with van der Waals surface area (Å²) in [4.78, 5) is 0. The zero-order chi connectivity index (χ0) is 13.6. The molecule has 102 valence electrons. The van der Waals surface area contributed by atoms with Crippen LogP contribution in [0.25, 0.3) is 0 Å². The first-order chi connectivity index (χ1) is 8.48. The van der Waals surface area contributed by atoms with Crippen LogP contribution in [0.2, 0.25) is 0 Å². The van der Waals surface area contributed by atoms with Gasteiger partial charge in [-0.3, -0.25) is 0 Å². The highest BCUT2D eigenvalue weighted by Gasteiger charge is 2.10. The lowest BCUT2D eigenvalue weighted by atomic mass is 10.0. The lowest BCUT2D eigenvalue weighted by molar-refractivity contribution is 0.584. The van der Waals surface area contributed by atoms with E-state index in [0.29, 0.717) is 12.8 Å². The van der Waals surface area contributed by atoms with E-state index in [1.165, 1.54) is 5.56 Å². The van der Waals surface area contributed by atoms with E-state index >= 15 is 0 Å². The zero-order valence-corrected chi connectivity index (χ0v) is 12.0. The molecule has 0 saturated carbocycles. The third-order valence-electron chi connectivity index (χ3n) is 3.23. The van der Waals surface area contributed by atoms with Crippen LogP contribution in [0.5, 0.6) is 0 Å². The Morgan fingerprint density at radius 3 is 2.28 bits per heavy atom. The third-order valence-corrected chi connectivity index (χ3v) is 5.02. The Bertz CT molecular complexity index is 451. The number of hydrogen-bond acceptors (Lipinski definition) is 3. The van der Waals surface area contributed by atoms with E-state index in [1.54, 1.807) is 6.92 Å². The summed E-state index contributed by atoms with van der Waals surface area (Å²) in [5, 5.41) is 0. The van der Waals surface area contributed by atoms with Crippen LogP contribution in [-0.2, 0) is 16.3 Å². The molecule has 0 bridgehead atoms. The summed E-state index contributed by atoms with van der Waals surface area (Å²) < 4.78 is 22.7. The highest BCUT2D eigenvalue weighted by atomic mass is 32.2. The monoisotopic (exact) mass is 269 g/mol. The van der Waals surface area contributed by atoms with Crippen LogP contribution in [0, 0.1) is 0 Å². The maximum absolute atomic E-state index is 11.4. The van der Waals surface area contributed by atoms with Gasteiger partial charge in [0.05, 0.1) is 5.75 Å². The molecule has 1 aromatic carbocycles. The van der Waals surface area contributed by atoms with Crippen molar-refractivity contribution in [2.45, 2.75) is 39.2 Å². The third kappa shape index (κ3) is 4.78. The molecule has 1 rings (SSSR count). The van der Waals surface area contributed by atoms with Crippen molar-refractivity contribution < 1.29 is 8.42 Å². The number of aryl methyl sites for hydroxylation is 1. The van der Waals surface area contributed by atoms with E-state index in [0.717, 1.165) is 12.0 Å². The lowest BCUT2D eigenvalue weighted by Crippen LogP contribution is -2.14. The molecule has 0 heterocycles. The van der Waals surface area contributed by atoms with Gasteiger partial charge in [0, 0.05) is 11.8 Å². The van der Waals surface area contributed by atoms with Crippen molar-refractivity contribution in [2.24, 2.45) is 5.73 Å². The Morgan fingerprint density at radius 1 is 1.17 bits per heavy atom.